The van der Waals surface area contributed by atoms with Crippen LogP contribution in [0.2, 0.25) is 5.02 Å². The van der Waals surface area contributed by atoms with E-state index in [1.807, 2.05) is 30.3 Å². The van der Waals surface area contributed by atoms with Crippen LogP contribution in [0.3, 0.4) is 0 Å². The van der Waals surface area contributed by atoms with Crippen molar-refractivity contribution in [2.45, 2.75) is 12.6 Å². The number of nitrogens with one attached hydrogen (secondary N) is 1. The molecule has 1 saturated heterocycles. The first kappa shape index (κ1) is 16.1. The van der Waals surface area contributed by atoms with E-state index in [1.54, 1.807) is 13.2 Å². The van der Waals surface area contributed by atoms with Gasteiger partial charge in [-0.05, 0) is 17.7 Å². The highest BCUT2D eigenvalue weighted by Crippen LogP contribution is 2.34. The second-order valence-electron chi connectivity index (χ2n) is 5.68. The highest BCUT2D eigenvalue weighted by Gasteiger charge is 2.26. The number of aromatic hydroxyl groups is 1. The van der Waals surface area contributed by atoms with Gasteiger partial charge in [0.25, 0.3) is 0 Å². The van der Waals surface area contributed by atoms with E-state index in [-0.39, 0.29) is 11.8 Å². The van der Waals surface area contributed by atoms with Crippen molar-refractivity contribution in [2.24, 2.45) is 0 Å². The number of rotatable bonds is 4. The molecule has 0 aliphatic carbocycles. The summed E-state index contributed by atoms with van der Waals surface area (Å²) in [4.78, 5) is 2.37. The quantitative estimate of drug-likeness (QED) is 0.902. The number of hydrogen-bond acceptors (Lipinski definition) is 4. The summed E-state index contributed by atoms with van der Waals surface area (Å²) in [6.45, 7) is 3.40. The first-order valence-electron chi connectivity index (χ1n) is 7.74. The molecule has 0 radical (unpaired) electrons. The van der Waals surface area contributed by atoms with Crippen molar-refractivity contribution >= 4 is 11.6 Å². The summed E-state index contributed by atoms with van der Waals surface area (Å²) >= 11 is 6.39. The number of phenolic OH excluding ortho intramolecular Hbond substituents is 1. The summed E-state index contributed by atoms with van der Waals surface area (Å²) in [5.74, 6) is 0.721. The number of piperazine rings is 1. The Balaban J connectivity index is 1.88. The average molecular weight is 333 g/mol. The lowest BCUT2D eigenvalue weighted by Gasteiger charge is -2.37. The molecule has 0 amide bonds. The number of methoxy groups -OCH3 is 1. The van der Waals surface area contributed by atoms with Crippen LogP contribution in [0.5, 0.6) is 11.5 Å². The topological polar surface area (TPSA) is 44.7 Å². The summed E-state index contributed by atoms with van der Waals surface area (Å²) < 4.78 is 5.36. The van der Waals surface area contributed by atoms with E-state index < -0.39 is 0 Å². The molecule has 1 aliphatic heterocycles. The Bertz CT molecular complexity index is 678. The minimum absolute atomic E-state index is 0.175. The predicted molar refractivity (Wildman–Crippen MR) is 92.1 cm³/mol. The van der Waals surface area contributed by atoms with Crippen molar-refractivity contribution < 1.29 is 9.84 Å². The molecule has 0 saturated carbocycles. The van der Waals surface area contributed by atoms with Crippen LogP contribution in [0, 0.1) is 0 Å². The molecule has 0 bridgehead atoms. The molecule has 1 atom stereocenters. The Morgan fingerprint density at radius 3 is 2.87 bits per heavy atom. The maximum Gasteiger partial charge on any atom is 0.164 e. The third-order valence-electron chi connectivity index (χ3n) is 4.27. The molecule has 1 fully saturated rings. The molecule has 5 heteroatoms. The number of para-hydroxylation sites is 1. The minimum atomic E-state index is 0.175. The third-order valence-corrected chi connectivity index (χ3v) is 4.62. The fourth-order valence-electron chi connectivity index (χ4n) is 3.14. The predicted octanol–water partition coefficient (Wildman–Crippen LogP) is 3.20. The van der Waals surface area contributed by atoms with E-state index in [1.165, 1.54) is 0 Å². The average Bonchev–Trinajstić information content (AvgIpc) is 2.56. The normalized spacial score (nSPS) is 18.8. The van der Waals surface area contributed by atoms with Crippen LogP contribution in [-0.4, -0.2) is 36.8 Å². The number of nitrogens with zero attached hydrogens (tertiary/aromatic N) is 1. The fraction of sp³-hybridized carbons (Fsp3) is 0.333. The lowest BCUT2D eigenvalue weighted by Crippen LogP contribution is -2.45. The van der Waals surface area contributed by atoms with Gasteiger partial charge in [0.05, 0.1) is 7.11 Å². The molecule has 3 rings (SSSR count). The molecule has 2 N–H and O–H groups in total. The van der Waals surface area contributed by atoms with Gasteiger partial charge in [-0.2, -0.15) is 0 Å². The first-order chi connectivity index (χ1) is 11.2. The Labute approximate surface area is 141 Å². The Morgan fingerprint density at radius 1 is 1.26 bits per heavy atom. The monoisotopic (exact) mass is 332 g/mol. The van der Waals surface area contributed by atoms with Gasteiger partial charge in [-0.1, -0.05) is 41.9 Å². The van der Waals surface area contributed by atoms with Gasteiger partial charge in [-0.15, -0.1) is 0 Å². The van der Waals surface area contributed by atoms with Crippen molar-refractivity contribution in [1.82, 2.24) is 10.2 Å². The standard InChI is InChI=1S/C18H21ClN2O2/c1-23-18-13(5-4-8-17(18)22)12-21-10-9-20-11-16(21)14-6-2-3-7-15(14)19/h2-8,16,20,22H,9-12H2,1H3. The van der Waals surface area contributed by atoms with Gasteiger partial charge in [0.2, 0.25) is 0 Å². The molecule has 1 heterocycles. The fourth-order valence-corrected chi connectivity index (χ4v) is 3.40. The number of halogens is 1. The van der Waals surface area contributed by atoms with E-state index >= 15 is 0 Å². The van der Waals surface area contributed by atoms with Crippen LogP contribution in [-0.2, 0) is 6.54 Å². The number of benzene rings is 2. The van der Waals surface area contributed by atoms with Crippen molar-refractivity contribution in [3.63, 3.8) is 0 Å². The lowest BCUT2D eigenvalue weighted by atomic mass is 10.0. The molecule has 2 aromatic carbocycles. The molecule has 2 aromatic rings. The zero-order chi connectivity index (χ0) is 16.2. The summed E-state index contributed by atoms with van der Waals surface area (Å²) in [6, 6.07) is 13.7. The molecule has 1 unspecified atom stereocenters. The van der Waals surface area contributed by atoms with E-state index in [0.717, 1.165) is 35.8 Å². The smallest absolute Gasteiger partial charge is 0.164 e. The summed E-state index contributed by atoms with van der Waals surface area (Å²) in [7, 11) is 1.59. The van der Waals surface area contributed by atoms with Crippen LogP contribution in [0.4, 0.5) is 0 Å². The molecule has 0 aromatic heterocycles. The van der Waals surface area contributed by atoms with E-state index in [2.05, 4.69) is 16.3 Å². The van der Waals surface area contributed by atoms with Gasteiger partial charge in [-0.3, -0.25) is 4.90 Å². The van der Waals surface area contributed by atoms with Crippen LogP contribution in [0.1, 0.15) is 17.2 Å². The highest BCUT2D eigenvalue weighted by molar-refractivity contribution is 6.31. The van der Waals surface area contributed by atoms with Crippen LogP contribution in [0.25, 0.3) is 0 Å². The molecular formula is C18H21ClN2O2. The van der Waals surface area contributed by atoms with Crippen molar-refractivity contribution in [2.75, 3.05) is 26.7 Å². The van der Waals surface area contributed by atoms with Crippen LogP contribution >= 0.6 is 11.6 Å². The SMILES string of the molecule is COc1c(O)cccc1CN1CCNCC1c1ccccc1Cl. The third kappa shape index (κ3) is 3.44. The zero-order valence-corrected chi connectivity index (χ0v) is 13.9. The van der Waals surface area contributed by atoms with Crippen molar-refractivity contribution in [3.05, 3.63) is 58.6 Å². The Morgan fingerprint density at radius 2 is 2.09 bits per heavy atom. The second kappa shape index (κ2) is 7.21. The summed E-state index contributed by atoms with van der Waals surface area (Å²) in [5.41, 5.74) is 2.10. The van der Waals surface area contributed by atoms with E-state index in [4.69, 9.17) is 16.3 Å². The van der Waals surface area contributed by atoms with Gasteiger partial charge in [0.15, 0.2) is 11.5 Å². The second-order valence-corrected chi connectivity index (χ2v) is 6.09. The van der Waals surface area contributed by atoms with Crippen molar-refractivity contribution in [3.8, 4) is 11.5 Å². The van der Waals surface area contributed by atoms with Gasteiger partial charge < -0.3 is 15.2 Å². The van der Waals surface area contributed by atoms with E-state index in [9.17, 15) is 5.11 Å². The largest absolute Gasteiger partial charge is 0.504 e. The molecule has 4 nitrogen and oxygen atoms in total. The summed E-state index contributed by atoms with van der Waals surface area (Å²) in [6.07, 6.45) is 0. The Kier molecular flexibility index (Phi) is 5.06. The van der Waals surface area contributed by atoms with Gasteiger partial charge >= 0.3 is 0 Å². The Hall–Kier alpha value is -1.75. The van der Waals surface area contributed by atoms with Crippen LogP contribution < -0.4 is 10.1 Å². The molecule has 23 heavy (non-hydrogen) atoms. The van der Waals surface area contributed by atoms with Gasteiger partial charge in [0, 0.05) is 42.8 Å². The maximum absolute atomic E-state index is 9.97. The number of hydrogen-bond donors (Lipinski definition) is 2. The zero-order valence-electron chi connectivity index (χ0n) is 13.1. The molecule has 1 aliphatic rings. The highest BCUT2D eigenvalue weighted by atomic mass is 35.5. The molecular weight excluding hydrogens is 312 g/mol. The van der Waals surface area contributed by atoms with Gasteiger partial charge in [0.1, 0.15) is 0 Å². The number of phenols is 1. The lowest BCUT2D eigenvalue weighted by molar-refractivity contribution is 0.152. The van der Waals surface area contributed by atoms with Gasteiger partial charge in [-0.25, -0.2) is 0 Å². The van der Waals surface area contributed by atoms with Crippen LogP contribution in [0.15, 0.2) is 42.5 Å². The molecule has 0 spiro atoms. The summed E-state index contributed by atoms with van der Waals surface area (Å²) in [5, 5.41) is 14.2. The van der Waals surface area contributed by atoms with Crippen molar-refractivity contribution in [1.29, 1.82) is 0 Å². The number of ether oxygens (including phenoxy) is 1. The first-order valence-corrected chi connectivity index (χ1v) is 8.12. The molecule has 122 valence electrons. The maximum atomic E-state index is 9.97. The van der Waals surface area contributed by atoms with E-state index in [0.29, 0.717) is 12.3 Å². The minimum Gasteiger partial charge on any atom is -0.504 e.